The zero-order chi connectivity index (χ0) is 9.52. The fourth-order valence-electron chi connectivity index (χ4n) is 1.78. The van der Waals surface area contributed by atoms with Gasteiger partial charge < -0.3 is 10.6 Å². The van der Waals surface area contributed by atoms with E-state index in [0.717, 1.165) is 18.5 Å². The van der Waals surface area contributed by atoms with E-state index >= 15 is 0 Å². The topological polar surface area (TPSA) is 24.1 Å². The summed E-state index contributed by atoms with van der Waals surface area (Å²) < 4.78 is 0. The lowest BCUT2D eigenvalue weighted by Crippen LogP contribution is -2.36. The Morgan fingerprint density at radius 2 is 2.46 bits per heavy atom. The van der Waals surface area contributed by atoms with Crippen LogP contribution in [0.5, 0.6) is 0 Å². The van der Waals surface area contributed by atoms with Crippen molar-refractivity contribution in [1.82, 2.24) is 10.6 Å². The van der Waals surface area contributed by atoms with Crippen molar-refractivity contribution in [2.75, 3.05) is 31.6 Å². The number of thioether (sulfide) groups is 1. The molecule has 13 heavy (non-hydrogen) atoms. The van der Waals surface area contributed by atoms with Crippen molar-refractivity contribution < 1.29 is 0 Å². The zero-order valence-corrected chi connectivity index (χ0v) is 9.62. The molecular weight excluding hydrogens is 180 g/mol. The Labute approximate surface area is 86.2 Å². The molecule has 1 saturated heterocycles. The predicted molar refractivity (Wildman–Crippen MR) is 61.4 cm³/mol. The van der Waals surface area contributed by atoms with Crippen molar-refractivity contribution in [2.24, 2.45) is 5.92 Å². The van der Waals surface area contributed by atoms with Crippen molar-refractivity contribution in [3.8, 4) is 0 Å². The average molecular weight is 202 g/mol. The minimum absolute atomic E-state index is 0.737. The molecule has 0 radical (unpaired) electrons. The van der Waals surface area contributed by atoms with Crippen molar-refractivity contribution in [3.05, 3.63) is 0 Å². The fraction of sp³-hybridized carbons (Fsp3) is 1.00. The van der Waals surface area contributed by atoms with Gasteiger partial charge in [-0.15, -0.1) is 0 Å². The summed E-state index contributed by atoms with van der Waals surface area (Å²) in [5, 5.41) is 7.03. The van der Waals surface area contributed by atoms with E-state index in [2.05, 4.69) is 23.8 Å². The van der Waals surface area contributed by atoms with Crippen molar-refractivity contribution in [1.29, 1.82) is 0 Å². The Balaban J connectivity index is 1.93. The lowest BCUT2D eigenvalue weighted by Gasteiger charge is -2.14. The molecule has 3 heteroatoms. The van der Waals surface area contributed by atoms with E-state index in [9.17, 15) is 0 Å². The van der Waals surface area contributed by atoms with Crippen LogP contribution in [0.2, 0.25) is 0 Å². The third-order valence-electron chi connectivity index (χ3n) is 2.50. The smallest absolute Gasteiger partial charge is 0.0192 e. The van der Waals surface area contributed by atoms with E-state index in [0.29, 0.717) is 0 Å². The molecule has 0 saturated carbocycles. The summed E-state index contributed by atoms with van der Waals surface area (Å²) in [6.45, 7) is 5.84. The molecule has 78 valence electrons. The highest BCUT2D eigenvalue weighted by Crippen LogP contribution is 2.05. The Morgan fingerprint density at radius 1 is 1.62 bits per heavy atom. The van der Waals surface area contributed by atoms with Gasteiger partial charge in [-0.25, -0.2) is 0 Å². The van der Waals surface area contributed by atoms with Crippen LogP contribution in [0.25, 0.3) is 0 Å². The van der Waals surface area contributed by atoms with Gasteiger partial charge in [-0.3, -0.25) is 0 Å². The zero-order valence-electron chi connectivity index (χ0n) is 8.81. The highest BCUT2D eigenvalue weighted by Gasteiger charge is 2.13. The maximum Gasteiger partial charge on any atom is 0.0192 e. The lowest BCUT2D eigenvalue weighted by molar-refractivity contribution is 0.495. The average Bonchev–Trinajstić information content (AvgIpc) is 2.57. The van der Waals surface area contributed by atoms with Crippen LogP contribution in [0.1, 0.15) is 19.8 Å². The Hall–Kier alpha value is 0.270. The van der Waals surface area contributed by atoms with Crippen LogP contribution in [0.15, 0.2) is 0 Å². The molecule has 0 bridgehead atoms. The van der Waals surface area contributed by atoms with Crippen LogP contribution < -0.4 is 10.6 Å². The first kappa shape index (κ1) is 11.3. The molecule has 0 amide bonds. The van der Waals surface area contributed by atoms with E-state index in [1.807, 2.05) is 11.8 Å². The van der Waals surface area contributed by atoms with Gasteiger partial charge in [-0.05, 0) is 43.9 Å². The third-order valence-corrected chi connectivity index (χ3v) is 3.40. The summed E-state index contributed by atoms with van der Waals surface area (Å²) in [7, 11) is 0. The van der Waals surface area contributed by atoms with Gasteiger partial charge in [0.15, 0.2) is 0 Å². The van der Waals surface area contributed by atoms with E-state index in [4.69, 9.17) is 0 Å². The molecule has 1 fully saturated rings. The minimum Gasteiger partial charge on any atom is -0.315 e. The number of hydrogen-bond donors (Lipinski definition) is 2. The van der Waals surface area contributed by atoms with E-state index in [-0.39, 0.29) is 0 Å². The van der Waals surface area contributed by atoms with E-state index in [1.54, 1.807) is 0 Å². The highest BCUT2D eigenvalue weighted by molar-refractivity contribution is 7.98. The first-order valence-electron chi connectivity index (χ1n) is 5.26. The molecule has 1 aliphatic heterocycles. The maximum absolute atomic E-state index is 3.54. The van der Waals surface area contributed by atoms with E-state index in [1.165, 1.54) is 31.7 Å². The van der Waals surface area contributed by atoms with Gasteiger partial charge in [-0.1, -0.05) is 6.92 Å². The van der Waals surface area contributed by atoms with Crippen LogP contribution >= 0.6 is 11.8 Å². The number of nitrogens with one attached hydrogen (secondary N) is 2. The summed E-state index contributed by atoms with van der Waals surface area (Å²) in [6.07, 6.45) is 4.88. The van der Waals surface area contributed by atoms with Gasteiger partial charge >= 0.3 is 0 Å². The van der Waals surface area contributed by atoms with Gasteiger partial charge in [0.1, 0.15) is 0 Å². The van der Waals surface area contributed by atoms with Crippen LogP contribution in [0, 0.1) is 5.92 Å². The van der Waals surface area contributed by atoms with Crippen molar-refractivity contribution in [3.63, 3.8) is 0 Å². The summed E-state index contributed by atoms with van der Waals surface area (Å²) in [5.74, 6) is 2.07. The Kier molecular flexibility index (Phi) is 5.83. The summed E-state index contributed by atoms with van der Waals surface area (Å²) in [5.41, 5.74) is 0. The minimum atomic E-state index is 0.737. The predicted octanol–water partition coefficient (Wildman–Crippen LogP) is 1.33. The fourth-order valence-corrected chi connectivity index (χ4v) is 2.47. The molecule has 2 unspecified atom stereocenters. The molecule has 2 atom stereocenters. The van der Waals surface area contributed by atoms with Gasteiger partial charge in [0.2, 0.25) is 0 Å². The quantitative estimate of drug-likeness (QED) is 0.679. The molecule has 1 aliphatic rings. The standard InChI is InChI=1S/C10H22N2S/c1-9(8-13-2)6-11-7-10-4-3-5-12-10/h9-12H,3-8H2,1-2H3. The molecule has 2 nitrogen and oxygen atoms in total. The molecule has 2 N–H and O–H groups in total. The van der Waals surface area contributed by atoms with E-state index < -0.39 is 0 Å². The van der Waals surface area contributed by atoms with Crippen LogP contribution in [-0.4, -0.2) is 37.7 Å². The second kappa shape index (κ2) is 6.68. The van der Waals surface area contributed by atoms with Gasteiger partial charge in [-0.2, -0.15) is 11.8 Å². The number of hydrogen-bond acceptors (Lipinski definition) is 3. The molecule has 0 spiro atoms. The molecule has 0 aromatic rings. The van der Waals surface area contributed by atoms with Crippen molar-refractivity contribution in [2.45, 2.75) is 25.8 Å². The number of rotatable bonds is 6. The van der Waals surface area contributed by atoms with Crippen LogP contribution in [-0.2, 0) is 0 Å². The Morgan fingerprint density at radius 3 is 3.08 bits per heavy atom. The molecule has 0 aromatic carbocycles. The Bertz CT molecular complexity index is 124. The van der Waals surface area contributed by atoms with Crippen LogP contribution in [0.4, 0.5) is 0 Å². The molecule has 0 aliphatic carbocycles. The molecule has 1 heterocycles. The second-order valence-corrected chi connectivity index (χ2v) is 4.92. The molecular formula is C10H22N2S. The lowest BCUT2D eigenvalue weighted by atomic mass is 10.2. The maximum atomic E-state index is 3.54. The van der Waals surface area contributed by atoms with Crippen molar-refractivity contribution >= 4 is 11.8 Å². The molecule has 1 rings (SSSR count). The third kappa shape index (κ3) is 4.89. The summed E-state index contributed by atoms with van der Waals surface area (Å²) in [6, 6.07) is 0.737. The van der Waals surface area contributed by atoms with Gasteiger partial charge in [0.05, 0.1) is 0 Å². The first-order chi connectivity index (χ1) is 6.33. The normalized spacial score (nSPS) is 24.9. The van der Waals surface area contributed by atoms with Crippen LogP contribution in [0.3, 0.4) is 0 Å². The highest BCUT2D eigenvalue weighted by atomic mass is 32.2. The molecule has 0 aromatic heterocycles. The van der Waals surface area contributed by atoms with Gasteiger partial charge in [0.25, 0.3) is 0 Å². The first-order valence-corrected chi connectivity index (χ1v) is 6.65. The largest absolute Gasteiger partial charge is 0.315 e. The summed E-state index contributed by atoms with van der Waals surface area (Å²) in [4.78, 5) is 0. The SMILES string of the molecule is CSCC(C)CNCC1CCCN1. The monoisotopic (exact) mass is 202 g/mol. The summed E-state index contributed by atoms with van der Waals surface area (Å²) >= 11 is 1.94. The van der Waals surface area contributed by atoms with Gasteiger partial charge in [0, 0.05) is 12.6 Å². The second-order valence-electron chi connectivity index (χ2n) is 4.01.